The highest BCUT2D eigenvalue weighted by Crippen LogP contribution is 2.43. The molecule has 6 nitrogen and oxygen atoms in total. The summed E-state index contributed by atoms with van der Waals surface area (Å²) in [5.41, 5.74) is -0.487. The van der Waals surface area contributed by atoms with Crippen LogP contribution in [0.2, 0.25) is 0 Å². The number of ether oxygens (including phenoxy) is 5. The smallest absolute Gasteiger partial charge is 0.302 e. The van der Waals surface area contributed by atoms with E-state index >= 15 is 0 Å². The van der Waals surface area contributed by atoms with Gasteiger partial charge in [-0.15, -0.1) is 0 Å². The molecule has 6 heteroatoms. The number of rotatable bonds is 3. The molecule has 1 heterocycles. The molecule has 0 bridgehead atoms. The number of esters is 1. The molecule has 1 saturated heterocycles. The third-order valence-corrected chi connectivity index (χ3v) is 3.92. The predicted octanol–water partition coefficient (Wildman–Crippen LogP) is 1.26. The van der Waals surface area contributed by atoms with Crippen molar-refractivity contribution >= 4 is 5.97 Å². The molecule has 0 aromatic carbocycles. The first kappa shape index (κ1) is 15.7. The number of hydrogen-bond donors (Lipinski definition) is 0. The first-order valence-corrected chi connectivity index (χ1v) is 6.88. The van der Waals surface area contributed by atoms with Gasteiger partial charge in [0.1, 0.15) is 17.8 Å². The SMILES string of the molecule is CO[C@@H]1[C@H](OC)C[C@@]2(COC(C)(C)O2)C[C@H]1OC(C)=O. The van der Waals surface area contributed by atoms with Crippen molar-refractivity contribution < 1.29 is 28.5 Å². The standard InChI is InChI=1S/C14H24O6/c1-9(15)19-11-7-14(8-18-13(2,3)20-14)6-10(16-4)12(11)17-5/h10-12H,6-8H2,1-5H3/t10-,11-,12-,14+/m1/s1. The molecule has 0 unspecified atom stereocenters. The van der Waals surface area contributed by atoms with E-state index in [0.29, 0.717) is 19.4 Å². The Kier molecular flexibility index (Phi) is 4.39. The summed E-state index contributed by atoms with van der Waals surface area (Å²) in [5.74, 6) is -0.957. The van der Waals surface area contributed by atoms with E-state index in [1.54, 1.807) is 14.2 Å². The fourth-order valence-electron chi connectivity index (χ4n) is 3.22. The molecule has 1 aliphatic carbocycles. The van der Waals surface area contributed by atoms with E-state index in [1.807, 2.05) is 13.8 Å². The average Bonchev–Trinajstić information content (AvgIpc) is 2.63. The van der Waals surface area contributed by atoms with E-state index in [1.165, 1.54) is 6.92 Å². The third kappa shape index (κ3) is 3.14. The number of hydrogen-bond acceptors (Lipinski definition) is 6. The normalized spacial score (nSPS) is 40.0. The highest BCUT2D eigenvalue weighted by Gasteiger charge is 2.55. The number of carbonyl (C=O) groups excluding carboxylic acids is 1. The molecular formula is C14H24O6. The number of carbonyl (C=O) groups is 1. The van der Waals surface area contributed by atoms with Gasteiger partial charge in [0.15, 0.2) is 5.79 Å². The minimum Gasteiger partial charge on any atom is -0.460 e. The zero-order valence-corrected chi connectivity index (χ0v) is 12.8. The summed E-state index contributed by atoms with van der Waals surface area (Å²) in [6.07, 6.45) is 0.323. The Hall–Kier alpha value is -0.690. The first-order valence-electron chi connectivity index (χ1n) is 6.88. The van der Waals surface area contributed by atoms with E-state index < -0.39 is 17.5 Å². The highest BCUT2D eigenvalue weighted by atomic mass is 16.8. The molecule has 116 valence electrons. The van der Waals surface area contributed by atoms with Crippen molar-refractivity contribution in [3.05, 3.63) is 0 Å². The van der Waals surface area contributed by atoms with Gasteiger partial charge in [0.2, 0.25) is 0 Å². The van der Waals surface area contributed by atoms with Gasteiger partial charge in [-0.05, 0) is 13.8 Å². The molecule has 1 spiro atoms. The van der Waals surface area contributed by atoms with Crippen molar-refractivity contribution in [3.63, 3.8) is 0 Å². The van der Waals surface area contributed by atoms with Crippen LogP contribution in [0, 0.1) is 0 Å². The molecule has 1 aliphatic heterocycles. The largest absolute Gasteiger partial charge is 0.460 e. The maximum atomic E-state index is 11.3. The Morgan fingerprint density at radius 1 is 1.15 bits per heavy atom. The van der Waals surface area contributed by atoms with Crippen molar-refractivity contribution in [3.8, 4) is 0 Å². The summed E-state index contributed by atoms with van der Waals surface area (Å²) in [5, 5.41) is 0. The van der Waals surface area contributed by atoms with Gasteiger partial charge in [0.05, 0.1) is 12.7 Å². The first-order chi connectivity index (χ1) is 9.31. The maximum Gasteiger partial charge on any atom is 0.302 e. The van der Waals surface area contributed by atoms with Gasteiger partial charge in [-0.2, -0.15) is 0 Å². The summed E-state index contributed by atoms with van der Waals surface area (Å²) in [4.78, 5) is 11.3. The second kappa shape index (κ2) is 5.60. The molecular weight excluding hydrogens is 264 g/mol. The summed E-state index contributed by atoms with van der Waals surface area (Å²) in [6, 6.07) is 0. The van der Waals surface area contributed by atoms with Crippen LogP contribution < -0.4 is 0 Å². The quantitative estimate of drug-likeness (QED) is 0.729. The van der Waals surface area contributed by atoms with Crippen LogP contribution in [0.15, 0.2) is 0 Å². The van der Waals surface area contributed by atoms with E-state index in [0.717, 1.165) is 0 Å². The second-order valence-electron chi connectivity index (χ2n) is 6.00. The van der Waals surface area contributed by atoms with Crippen LogP contribution in [0.3, 0.4) is 0 Å². The molecule has 2 rings (SSSR count). The van der Waals surface area contributed by atoms with Crippen LogP contribution in [-0.2, 0) is 28.5 Å². The van der Waals surface area contributed by atoms with Gasteiger partial charge in [0.25, 0.3) is 0 Å². The summed E-state index contributed by atoms with van der Waals surface area (Å²) < 4.78 is 28.1. The van der Waals surface area contributed by atoms with Gasteiger partial charge in [-0.3, -0.25) is 4.79 Å². The van der Waals surface area contributed by atoms with Crippen LogP contribution in [0.25, 0.3) is 0 Å². The Morgan fingerprint density at radius 2 is 1.80 bits per heavy atom. The molecule has 1 saturated carbocycles. The summed E-state index contributed by atoms with van der Waals surface area (Å²) in [7, 11) is 3.22. The van der Waals surface area contributed by atoms with Crippen molar-refractivity contribution in [2.24, 2.45) is 0 Å². The lowest BCUT2D eigenvalue weighted by Gasteiger charge is -2.44. The van der Waals surface area contributed by atoms with E-state index in [9.17, 15) is 4.79 Å². The minimum atomic E-state index is -0.626. The second-order valence-corrected chi connectivity index (χ2v) is 6.00. The molecule has 0 amide bonds. The van der Waals surface area contributed by atoms with Gasteiger partial charge >= 0.3 is 5.97 Å². The van der Waals surface area contributed by atoms with Crippen molar-refractivity contribution in [2.75, 3.05) is 20.8 Å². The van der Waals surface area contributed by atoms with Crippen LogP contribution in [-0.4, -0.2) is 56.5 Å². The highest BCUT2D eigenvalue weighted by molar-refractivity contribution is 5.66. The molecule has 0 N–H and O–H groups in total. The Morgan fingerprint density at radius 3 is 2.25 bits per heavy atom. The predicted molar refractivity (Wildman–Crippen MR) is 70.2 cm³/mol. The zero-order chi connectivity index (χ0) is 15.0. The van der Waals surface area contributed by atoms with Crippen molar-refractivity contribution in [1.29, 1.82) is 0 Å². The van der Waals surface area contributed by atoms with Crippen LogP contribution >= 0.6 is 0 Å². The minimum absolute atomic E-state index is 0.199. The third-order valence-electron chi connectivity index (χ3n) is 3.92. The lowest BCUT2D eigenvalue weighted by molar-refractivity contribution is -0.217. The molecule has 0 aromatic rings. The maximum absolute atomic E-state index is 11.3. The Bertz CT molecular complexity index is 369. The molecule has 4 atom stereocenters. The zero-order valence-electron chi connectivity index (χ0n) is 12.8. The van der Waals surface area contributed by atoms with Crippen molar-refractivity contribution in [1.82, 2.24) is 0 Å². The van der Waals surface area contributed by atoms with Crippen LogP contribution in [0.4, 0.5) is 0 Å². The molecule has 20 heavy (non-hydrogen) atoms. The molecule has 2 fully saturated rings. The average molecular weight is 288 g/mol. The van der Waals surface area contributed by atoms with E-state index in [-0.39, 0.29) is 18.2 Å². The fraction of sp³-hybridized carbons (Fsp3) is 0.929. The lowest BCUT2D eigenvalue weighted by Crippen LogP contribution is -2.56. The fourth-order valence-corrected chi connectivity index (χ4v) is 3.22. The Labute approximate surface area is 119 Å². The van der Waals surface area contributed by atoms with Crippen LogP contribution in [0.1, 0.15) is 33.6 Å². The van der Waals surface area contributed by atoms with Gasteiger partial charge < -0.3 is 23.7 Å². The van der Waals surface area contributed by atoms with Gasteiger partial charge in [-0.1, -0.05) is 0 Å². The van der Waals surface area contributed by atoms with Crippen LogP contribution in [0.5, 0.6) is 0 Å². The topological polar surface area (TPSA) is 63.2 Å². The molecule has 0 aromatic heterocycles. The molecule has 0 radical (unpaired) electrons. The summed E-state index contributed by atoms with van der Waals surface area (Å²) >= 11 is 0. The summed E-state index contributed by atoms with van der Waals surface area (Å²) in [6.45, 7) is 5.62. The monoisotopic (exact) mass is 288 g/mol. The Balaban J connectivity index is 2.20. The van der Waals surface area contributed by atoms with E-state index in [2.05, 4.69) is 0 Å². The molecule has 2 aliphatic rings. The van der Waals surface area contributed by atoms with Gasteiger partial charge in [-0.25, -0.2) is 0 Å². The van der Waals surface area contributed by atoms with Crippen molar-refractivity contribution in [2.45, 2.75) is 63.3 Å². The van der Waals surface area contributed by atoms with E-state index in [4.69, 9.17) is 23.7 Å². The number of methoxy groups -OCH3 is 2. The van der Waals surface area contributed by atoms with Gasteiger partial charge in [0, 0.05) is 34.0 Å². The lowest BCUT2D eigenvalue weighted by atomic mass is 9.79.